The molecule has 45 heavy (non-hydrogen) atoms. The van der Waals surface area contributed by atoms with Crippen molar-refractivity contribution in [1.82, 2.24) is 5.32 Å². The summed E-state index contributed by atoms with van der Waals surface area (Å²) in [5, 5.41) is 43.4. The molecule has 270 valence electrons. The van der Waals surface area contributed by atoms with Gasteiger partial charge in [-0.2, -0.15) is 0 Å². The lowest BCUT2D eigenvalue weighted by Gasteiger charge is -2.27. The third kappa shape index (κ3) is 29.2. The molecule has 0 bridgehead atoms. The van der Waals surface area contributed by atoms with Gasteiger partial charge >= 0.3 is 0 Å². The molecule has 1 amide bonds. The van der Waals surface area contributed by atoms with Crippen LogP contribution in [-0.4, -0.2) is 57.3 Å². The topological polar surface area (TPSA) is 110 Å². The van der Waals surface area contributed by atoms with E-state index in [0.717, 1.165) is 38.5 Å². The average molecular weight is 642 g/mol. The van der Waals surface area contributed by atoms with Crippen molar-refractivity contribution in [2.24, 2.45) is 0 Å². The van der Waals surface area contributed by atoms with Gasteiger partial charge in [-0.25, -0.2) is 0 Å². The molecule has 0 fully saturated rings. The van der Waals surface area contributed by atoms with Crippen molar-refractivity contribution >= 4 is 5.91 Å². The molecule has 0 heterocycles. The lowest BCUT2D eigenvalue weighted by molar-refractivity contribution is -0.132. The standard InChI is InChI=1S/C39H79NO5/c1-3-5-7-9-11-13-14-15-16-17-18-19-20-21-22-23-25-27-29-31-33-37(43)39(45)40-35(34-41)38(44)36(42)32-30-28-26-24-12-10-8-6-4-2/h35-38,41-44H,3-34H2,1-2H3,(H,40,45)/t35-,36+,37+,38-/m0/s1. The van der Waals surface area contributed by atoms with Crippen LogP contribution < -0.4 is 5.32 Å². The number of aliphatic hydroxyl groups excluding tert-OH is 4. The van der Waals surface area contributed by atoms with Gasteiger partial charge in [0.2, 0.25) is 5.91 Å². The largest absolute Gasteiger partial charge is 0.394 e. The van der Waals surface area contributed by atoms with Gasteiger partial charge in [-0.15, -0.1) is 0 Å². The minimum Gasteiger partial charge on any atom is -0.394 e. The van der Waals surface area contributed by atoms with Crippen LogP contribution in [0.1, 0.15) is 213 Å². The first-order valence-electron chi connectivity index (χ1n) is 19.9. The van der Waals surface area contributed by atoms with Crippen LogP contribution in [-0.2, 0) is 4.79 Å². The van der Waals surface area contributed by atoms with Crippen molar-refractivity contribution in [3.05, 3.63) is 0 Å². The van der Waals surface area contributed by atoms with Gasteiger partial charge in [-0.3, -0.25) is 4.79 Å². The predicted molar refractivity (Wildman–Crippen MR) is 192 cm³/mol. The lowest BCUT2D eigenvalue weighted by atomic mass is 9.99. The maximum Gasteiger partial charge on any atom is 0.249 e. The Morgan fingerprint density at radius 1 is 0.467 bits per heavy atom. The van der Waals surface area contributed by atoms with Crippen LogP contribution in [0.25, 0.3) is 0 Å². The molecule has 0 saturated heterocycles. The molecule has 0 aromatic heterocycles. The van der Waals surface area contributed by atoms with Crippen molar-refractivity contribution in [2.75, 3.05) is 6.61 Å². The molecule has 0 rings (SSSR count). The molecule has 0 aromatic carbocycles. The first-order chi connectivity index (χ1) is 22.0. The fourth-order valence-corrected chi connectivity index (χ4v) is 6.34. The van der Waals surface area contributed by atoms with E-state index in [1.807, 2.05) is 0 Å². The van der Waals surface area contributed by atoms with Crippen molar-refractivity contribution in [1.29, 1.82) is 0 Å². The molecule has 0 radical (unpaired) electrons. The molecule has 6 nitrogen and oxygen atoms in total. The molecule has 0 unspecified atom stereocenters. The van der Waals surface area contributed by atoms with Crippen LogP contribution in [0.2, 0.25) is 0 Å². The maximum atomic E-state index is 12.4. The molecule has 0 aromatic rings. The summed E-state index contributed by atoms with van der Waals surface area (Å²) in [6, 6.07) is -0.976. The SMILES string of the molecule is CCCCCCCCCCCCCCCCCCCCCC[C@@H](O)C(=O)N[C@@H](CO)[C@H](O)[C@H](O)CCCCCCCCCCC. The molecular weight excluding hydrogens is 562 g/mol. The summed E-state index contributed by atoms with van der Waals surface area (Å²) in [7, 11) is 0. The minimum absolute atomic E-state index is 0.375. The second-order valence-electron chi connectivity index (χ2n) is 14.0. The van der Waals surface area contributed by atoms with Gasteiger partial charge in [0.25, 0.3) is 0 Å². The van der Waals surface area contributed by atoms with Crippen molar-refractivity contribution in [2.45, 2.75) is 237 Å². The smallest absolute Gasteiger partial charge is 0.249 e. The molecule has 4 atom stereocenters. The minimum atomic E-state index is -1.25. The quantitative estimate of drug-likeness (QED) is 0.0438. The summed E-state index contributed by atoms with van der Waals surface area (Å²) in [5.74, 6) is -0.582. The molecule has 0 saturated carbocycles. The number of nitrogens with one attached hydrogen (secondary N) is 1. The number of unbranched alkanes of at least 4 members (excludes halogenated alkanes) is 27. The van der Waals surface area contributed by atoms with E-state index >= 15 is 0 Å². The van der Waals surface area contributed by atoms with E-state index in [9.17, 15) is 25.2 Å². The van der Waals surface area contributed by atoms with Crippen LogP contribution in [0, 0.1) is 0 Å². The zero-order valence-electron chi connectivity index (χ0n) is 30.1. The molecular formula is C39H79NO5. The summed E-state index contributed by atoms with van der Waals surface area (Å²) >= 11 is 0. The molecule has 6 heteroatoms. The Bertz CT molecular complexity index is 604. The van der Waals surface area contributed by atoms with Crippen LogP contribution in [0.15, 0.2) is 0 Å². The Labute approximate surface area is 279 Å². The van der Waals surface area contributed by atoms with Crippen molar-refractivity contribution < 1.29 is 25.2 Å². The summed E-state index contributed by atoms with van der Waals surface area (Å²) in [4.78, 5) is 12.4. The van der Waals surface area contributed by atoms with Gasteiger partial charge in [-0.1, -0.05) is 200 Å². The lowest BCUT2D eigenvalue weighted by Crippen LogP contribution is -2.53. The second-order valence-corrected chi connectivity index (χ2v) is 14.0. The summed E-state index contributed by atoms with van der Waals surface area (Å²) < 4.78 is 0. The van der Waals surface area contributed by atoms with Crippen LogP contribution >= 0.6 is 0 Å². The highest BCUT2D eigenvalue weighted by Crippen LogP contribution is 2.16. The molecule has 0 spiro atoms. The van der Waals surface area contributed by atoms with E-state index in [-0.39, 0.29) is 0 Å². The highest BCUT2D eigenvalue weighted by molar-refractivity contribution is 5.80. The van der Waals surface area contributed by atoms with E-state index < -0.39 is 36.9 Å². The normalized spacial score (nSPS) is 14.4. The highest BCUT2D eigenvalue weighted by Gasteiger charge is 2.28. The van der Waals surface area contributed by atoms with Gasteiger partial charge in [0.15, 0.2) is 0 Å². The highest BCUT2D eigenvalue weighted by atomic mass is 16.3. The third-order valence-electron chi connectivity index (χ3n) is 9.57. The van der Waals surface area contributed by atoms with E-state index in [1.165, 1.54) is 148 Å². The molecule has 0 aliphatic rings. The number of hydrogen-bond acceptors (Lipinski definition) is 5. The van der Waals surface area contributed by atoms with Gasteiger partial charge in [0.05, 0.1) is 18.8 Å². The Morgan fingerprint density at radius 3 is 1.07 bits per heavy atom. The molecule has 0 aliphatic heterocycles. The average Bonchev–Trinajstić information content (AvgIpc) is 3.04. The van der Waals surface area contributed by atoms with Crippen LogP contribution in [0.3, 0.4) is 0 Å². The number of rotatable bonds is 36. The number of hydrogen-bond donors (Lipinski definition) is 5. The fourth-order valence-electron chi connectivity index (χ4n) is 6.34. The Morgan fingerprint density at radius 2 is 0.756 bits per heavy atom. The van der Waals surface area contributed by atoms with Gasteiger partial charge < -0.3 is 25.7 Å². The van der Waals surface area contributed by atoms with E-state index in [0.29, 0.717) is 12.8 Å². The van der Waals surface area contributed by atoms with Crippen LogP contribution in [0.4, 0.5) is 0 Å². The fraction of sp³-hybridized carbons (Fsp3) is 0.974. The number of aliphatic hydroxyl groups is 4. The Hall–Kier alpha value is -0.690. The third-order valence-corrected chi connectivity index (χ3v) is 9.57. The number of carbonyl (C=O) groups is 1. The number of amides is 1. The summed E-state index contributed by atoms with van der Waals surface area (Å²) in [6.45, 7) is 4.02. The first-order valence-corrected chi connectivity index (χ1v) is 19.9. The first kappa shape index (κ1) is 44.3. The maximum absolute atomic E-state index is 12.4. The van der Waals surface area contributed by atoms with Gasteiger partial charge in [0.1, 0.15) is 12.2 Å². The second kappa shape index (κ2) is 34.6. The van der Waals surface area contributed by atoms with Gasteiger partial charge in [-0.05, 0) is 12.8 Å². The number of carbonyl (C=O) groups excluding carboxylic acids is 1. The Balaban J connectivity index is 3.68. The summed E-state index contributed by atoms with van der Waals surface area (Å²) in [6.07, 6.45) is 34.2. The molecule has 0 aliphatic carbocycles. The van der Waals surface area contributed by atoms with Crippen molar-refractivity contribution in [3.8, 4) is 0 Å². The monoisotopic (exact) mass is 642 g/mol. The van der Waals surface area contributed by atoms with Crippen molar-refractivity contribution in [3.63, 3.8) is 0 Å². The van der Waals surface area contributed by atoms with E-state index in [2.05, 4.69) is 19.2 Å². The van der Waals surface area contributed by atoms with Gasteiger partial charge in [0, 0.05) is 0 Å². The van der Waals surface area contributed by atoms with E-state index in [1.54, 1.807) is 0 Å². The zero-order valence-corrected chi connectivity index (χ0v) is 30.1. The zero-order chi connectivity index (χ0) is 33.2. The predicted octanol–water partition coefficient (Wildman–Crippen LogP) is 9.68. The van der Waals surface area contributed by atoms with E-state index in [4.69, 9.17) is 0 Å². The van der Waals surface area contributed by atoms with Crippen LogP contribution in [0.5, 0.6) is 0 Å². The summed E-state index contributed by atoms with van der Waals surface area (Å²) in [5.41, 5.74) is 0. The Kier molecular flexibility index (Phi) is 34.1. The molecule has 5 N–H and O–H groups in total.